The molecule has 2 aromatic carbocycles. The van der Waals surface area contributed by atoms with Gasteiger partial charge in [-0.25, -0.2) is 4.39 Å². The van der Waals surface area contributed by atoms with Crippen LogP contribution < -0.4 is 10.1 Å². The Balaban J connectivity index is 1.58. The van der Waals surface area contributed by atoms with Gasteiger partial charge in [0.15, 0.2) is 0 Å². The lowest BCUT2D eigenvalue weighted by molar-refractivity contribution is 0.247. The van der Waals surface area contributed by atoms with Crippen molar-refractivity contribution in [1.29, 1.82) is 5.26 Å². The summed E-state index contributed by atoms with van der Waals surface area (Å²) in [7, 11) is 1.69. The predicted octanol–water partition coefficient (Wildman–Crippen LogP) is 4.88. The summed E-state index contributed by atoms with van der Waals surface area (Å²) in [5.41, 5.74) is 4.40. The third-order valence-corrected chi connectivity index (χ3v) is 7.44. The molecular weight excluding hydrogens is 367 g/mol. The van der Waals surface area contributed by atoms with Crippen molar-refractivity contribution < 1.29 is 9.13 Å². The van der Waals surface area contributed by atoms with E-state index in [0.717, 1.165) is 27.9 Å². The zero-order valence-electron chi connectivity index (χ0n) is 16.1. The standard InChI is InChI=1S/C23H21FN4O/c1-29-18-8-17-15(10-26-28-17)21-19-11-2-3-12(6-11)20(19)22(27-23(18)21)13-4-5-16(24)14(7-13)9-25/h4-5,7-8,10-12,19-20,22,27H,2-3,6H2,1H3,(H,26,28)/t11?,12?,19-,20+,22-/m0/s1. The van der Waals surface area contributed by atoms with Crippen molar-refractivity contribution >= 4 is 16.6 Å². The number of fused-ring (bicyclic) bond motifs is 9. The molecule has 5 nitrogen and oxygen atoms in total. The number of benzene rings is 2. The molecule has 2 fully saturated rings. The Labute approximate surface area is 167 Å². The van der Waals surface area contributed by atoms with E-state index < -0.39 is 5.82 Å². The second kappa shape index (κ2) is 5.96. The topological polar surface area (TPSA) is 73.7 Å². The number of halogens is 1. The van der Waals surface area contributed by atoms with Crippen LogP contribution in [0.3, 0.4) is 0 Å². The summed E-state index contributed by atoms with van der Waals surface area (Å²) in [6.45, 7) is 0. The van der Waals surface area contributed by atoms with Crippen LogP contribution in [0, 0.1) is 34.9 Å². The van der Waals surface area contributed by atoms with E-state index in [2.05, 4.69) is 15.5 Å². The van der Waals surface area contributed by atoms with Crippen molar-refractivity contribution in [3.63, 3.8) is 0 Å². The second-order valence-electron chi connectivity index (χ2n) is 8.61. The minimum atomic E-state index is -0.463. The van der Waals surface area contributed by atoms with Crippen molar-refractivity contribution in [2.75, 3.05) is 12.4 Å². The van der Waals surface area contributed by atoms with Crippen LogP contribution in [-0.4, -0.2) is 17.3 Å². The highest BCUT2D eigenvalue weighted by molar-refractivity contribution is 5.92. The van der Waals surface area contributed by atoms with Gasteiger partial charge < -0.3 is 10.1 Å². The van der Waals surface area contributed by atoms with Crippen molar-refractivity contribution in [2.45, 2.75) is 31.2 Å². The largest absolute Gasteiger partial charge is 0.494 e. The maximum atomic E-state index is 14.0. The molecule has 2 bridgehead atoms. The summed E-state index contributed by atoms with van der Waals surface area (Å²) < 4.78 is 19.7. The molecule has 5 atom stereocenters. The van der Waals surface area contributed by atoms with Gasteiger partial charge in [0.1, 0.15) is 17.6 Å². The number of nitrogens with one attached hydrogen (secondary N) is 2. The molecule has 1 aromatic heterocycles. The molecule has 146 valence electrons. The molecule has 29 heavy (non-hydrogen) atoms. The van der Waals surface area contributed by atoms with Gasteiger partial charge >= 0.3 is 0 Å². The first-order valence-corrected chi connectivity index (χ1v) is 10.2. The minimum Gasteiger partial charge on any atom is -0.494 e. The second-order valence-corrected chi connectivity index (χ2v) is 8.61. The molecule has 2 aliphatic carbocycles. The molecule has 1 aliphatic heterocycles. The lowest BCUT2D eigenvalue weighted by Gasteiger charge is -2.44. The number of hydrogen-bond acceptors (Lipinski definition) is 4. The number of aromatic nitrogens is 2. The van der Waals surface area contributed by atoms with Gasteiger partial charge in [0.2, 0.25) is 0 Å². The first-order chi connectivity index (χ1) is 14.2. The molecule has 2 saturated carbocycles. The third kappa shape index (κ3) is 2.21. The van der Waals surface area contributed by atoms with Crippen LogP contribution in [0.5, 0.6) is 5.75 Å². The summed E-state index contributed by atoms with van der Waals surface area (Å²) in [5, 5.41) is 21.6. The predicted molar refractivity (Wildman–Crippen MR) is 107 cm³/mol. The fraction of sp³-hybridized carbons (Fsp3) is 0.391. The van der Waals surface area contributed by atoms with Crippen LogP contribution in [-0.2, 0) is 0 Å². The van der Waals surface area contributed by atoms with Crippen LogP contribution >= 0.6 is 0 Å². The molecule has 0 amide bonds. The van der Waals surface area contributed by atoms with Crippen molar-refractivity contribution in [3.8, 4) is 11.8 Å². The Kier molecular flexibility index (Phi) is 3.46. The first-order valence-electron chi connectivity index (χ1n) is 10.2. The maximum Gasteiger partial charge on any atom is 0.144 e. The molecule has 2 heterocycles. The Morgan fingerprint density at radius 2 is 2.10 bits per heavy atom. The van der Waals surface area contributed by atoms with E-state index in [9.17, 15) is 9.65 Å². The SMILES string of the molecule is COc1cc2[nH]ncc2c2c1N[C@@H](c1ccc(F)c(C#N)c1)[C@@H]1C3CCC(C3)[C@H]21. The van der Waals surface area contributed by atoms with E-state index in [1.165, 1.54) is 30.9 Å². The van der Waals surface area contributed by atoms with Gasteiger partial charge in [-0.1, -0.05) is 6.07 Å². The molecule has 0 saturated heterocycles. The Bertz CT molecular complexity index is 1180. The molecular formula is C23H21FN4O. The number of hydrogen-bond donors (Lipinski definition) is 2. The van der Waals surface area contributed by atoms with Gasteiger partial charge in [0, 0.05) is 11.5 Å². The van der Waals surface area contributed by atoms with Gasteiger partial charge in [-0.05, 0) is 66.2 Å². The van der Waals surface area contributed by atoms with E-state index in [4.69, 9.17) is 4.74 Å². The lowest BCUT2D eigenvalue weighted by Crippen LogP contribution is -2.35. The minimum absolute atomic E-state index is 0.0359. The summed E-state index contributed by atoms with van der Waals surface area (Å²) in [4.78, 5) is 0. The molecule has 3 aromatic rings. The number of aromatic amines is 1. The number of nitriles is 1. The number of rotatable bonds is 2. The van der Waals surface area contributed by atoms with Gasteiger partial charge in [-0.2, -0.15) is 10.4 Å². The van der Waals surface area contributed by atoms with E-state index in [0.29, 0.717) is 23.7 Å². The fourth-order valence-corrected chi connectivity index (χ4v) is 6.37. The van der Waals surface area contributed by atoms with Gasteiger partial charge in [0.05, 0.1) is 36.1 Å². The van der Waals surface area contributed by atoms with Crippen LogP contribution in [0.15, 0.2) is 30.5 Å². The molecule has 2 N–H and O–H groups in total. The van der Waals surface area contributed by atoms with E-state index in [1.807, 2.05) is 24.4 Å². The molecule has 6 heteroatoms. The van der Waals surface area contributed by atoms with Crippen molar-refractivity contribution in [3.05, 3.63) is 53.0 Å². The smallest absolute Gasteiger partial charge is 0.144 e. The summed E-state index contributed by atoms with van der Waals surface area (Å²) in [6, 6.07) is 8.97. The fourth-order valence-electron chi connectivity index (χ4n) is 6.37. The molecule has 6 rings (SSSR count). The normalized spacial score (nSPS) is 29.2. The van der Waals surface area contributed by atoms with Crippen LogP contribution in [0.4, 0.5) is 10.1 Å². The average molecular weight is 388 g/mol. The van der Waals surface area contributed by atoms with Crippen LogP contribution in [0.2, 0.25) is 0 Å². The zero-order valence-corrected chi connectivity index (χ0v) is 16.1. The Morgan fingerprint density at radius 1 is 1.24 bits per heavy atom. The van der Waals surface area contributed by atoms with Crippen molar-refractivity contribution in [1.82, 2.24) is 10.2 Å². The monoisotopic (exact) mass is 388 g/mol. The number of methoxy groups -OCH3 is 1. The highest BCUT2D eigenvalue weighted by atomic mass is 19.1. The van der Waals surface area contributed by atoms with Gasteiger partial charge in [-0.15, -0.1) is 0 Å². The number of nitrogens with zero attached hydrogens (tertiary/aromatic N) is 2. The number of ether oxygens (including phenoxy) is 1. The Hall–Kier alpha value is -3.07. The zero-order chi connectivity index (χ0) is 19.7. The van der Waals surface area contributed by atoms with E-state index in [1.54, 1.807) is 13.2 Å². The first kappa shape index (κ1) is 16.8. The summed E-state index contributed by atoms with van der Waals surface area (Å²) >= 11 is 0. The highest BCUT2D eigenvalue weighted by Crippen LogP contribution is 2.65. The molecule has 2 unspecified atom stereocenters. The third-order valence-electron chi connectivity index (χ3n) is 7.44. The number of anilines is 1. The molecule has 3 aliphatic rings. The van der Waals surface area contributed by atoms with E-state index in [-0.39, 0.29) is 11.6 Å². The molecule has 0 spiro atoms. The van der Waals surface area contributed by atoms with Crippen LogP contribution in [0.1, 0.15) is 47.9 Å². The average Bonchev–Trinajstić information content (AvgIpc) is 3.48. The van der Waals surface area contributed by atoms with Crippen LogP contribution in [0.25, 0.3) is 10.9 Å². The quantitative estimate of drug-likeness (QED) is 0.656. The highest BCUT2D eigenvalue weighted by Gasteiger charge is 2.54. The van der Waals surface area contributed by atoms with Gasteiger partial charge in [-0.3, -0.25) is 5.10 Å². The van der Waals surface area contributed by atoms with Gasteiger partial charge in [0.25, 0.3) is 0 Å². The summed E-state index contributed by atoms with van der Waals surface area (Å²) in [5.74, 6) is 2.46. The van der Waals surface area contributed by atoms with E-state index >= 15 is 0 Å². The number of H-pyrrole nitrogens is 1. The maximum absolute atomic E-state index is 14.0. The van der Waals surface area contributed by atoms with Crippen molar-refractivity contribution in [2.24, 2.45) is 17.8 Å². The summed E-state index contributed by atoms with van der Waals surface area (Å²) in [6.07, 6.45) is 5.64. The lowest BCUT2D eigenvalue weighted by atomic mass is 9.67. The molecule has 0 radical (unpaired) electrons. The Morgan fingerprint density at radius 3 is 2.93 bits per heavy atom.